The van der Waals surface area contributed by atoms with Crippen LogP contribution in [0, 0.1) is 5.82 Å². The number of methoxy groups -OCH3 is 1. The topological polar surface area (TPSA) is 105 Å². The highest BCUT2D eigenvalue weighted by Gasteiger charge is 2.35. The average molecular weight is 554 g/mol. The molecule has 2 heterocycles. The average Bonchev–Trinajstić information content (AvgIpc) is 2.89. The lowest BCUT2D eigenvalue weighted by atomic mass is 10.2. The minimum Gasteiger partial charge on any atom is -0.469 e. The molecule has 4 rings (SSSR count). The van der Waals surface area contributed by atoms with E-state index >= 15 is 0 Å². The summed E-state index contributed by atoms with van der Waals surface area (Å²) in [5.41, 5.74) is -0.251. The van der Waals surface area contributed by atoms with Gasteiger partial charge in [0.15, 0.2) is 5.69 Å². The smallest absolute Gasteiger partial charge is 0.433 e. The van der Waals surface area contributed by atoms with Gasteiger partial charge in [-0.1, -0.05) is 12.1 Å². The summed E-state index contributed by atoms with van der Waals surface area (Å²) in [7, 11) is -2.62. The molecule has 2 aromatic carbocycles. The van der Waals surface area contributed by atoms with Gasteiger partial charge in [0, 0.05) is 37.9 Å². The largest absolute Gasteiger partial charge is 0.469 e. The van der Waals surface area contributed by atoms with E-state index < -0.39 is 33.7 Å². The normalized spacial score (nSPS) is 14.8. The van der Waals surface area contributed by atoms with Gasteiger partial charge in [-0.2, -0.15) is 22.5 Å². The highest BCUT2D eigenvalue weighted by Crippen LogP contribution is 2.31. The summed E-state index contributed by atoms with van der Waals surface area (Å²) >= 11 is 0. The first-order chi connectivity index (χ1) is 18.0. The zero-order valence-corrected chi connectivity index (χ0v) is 20.9. The van der Waals surface area contributed by atoms with E-state index in [1.165, 1.54) is 52.7 Å². The molecule has 1 N–H and O–H groups in total. The molecule has 0 unspecified atom stereocenters. The van der Waals surface area contributed by atoms with Crippen LogP contribution in [0.15, 0.2) is 59.5 Å². The number of alkyl halides is 3. The number of anilines is 3. The van der Waals surface area contributed by atoms with Gasteiger partial charge in [0.1, 0.15) is 11.6 Å². The van der Waals surface area contributed by atoms with Crippen molar-refractivity contribution < 1.29 is 35.5 Å². The summed E-state index contributed by atoms with van der Waals surface area (Å²) in [6.45, 7) is 0.0903. The van der Waals surface area contributed by atoms with Crippen molar-refractivity contribution in [2.75, 3.05) is 43.5 Å². The molecule has 0 bridgehead atoms. The van der Waals surface area contributed by atoms with Crippen LogP contribution in [0.4, 0.5) is 35.0 Å². The Hall–Kier alpha value is -3.78. The zero-order chi connectivity index (χ0) is 27.5. The predicted octanol–water partition coefficient (Wildman–Crippen LogP) is 3.60. The van der Waals surface area contributed by atoms with Gasteiger partial charge in [0.2, 0.25) is 16.0 Å². The molecule has 0 atom stereocenters. The molecule has 1 saturated heterocycles. The maximum Gasteiger partial charge on any atom is 0.433 e. The third-order valence-corrected chi connectivity index (χ3v) is 7.69. The zero-order valence-electron chi connectivity index (χ0n) is 20.1. The molecule has 202 valence electrons. The first kappa shape index (κ1) is 27.3. The van der Waals surface area contributed by atoms with E-state index in [2.05, 4.69) is 20.0 Å². The summed E-state index contributed by atoms with van der Waals surface area (Å²) in [5, 5.41) is 2.72. The maximum atomic E-state index is 13.5. The molecule has 3 aromatic rings. The maximum absolute atomic E-state index is 13.5. The quantitative estimate of drug-likeness (QED) is 0.350. The molecule has 0 aliphatic carbocycles. The second kappa shape index (κ2) is 10.9. The SMILES string of the molecule is COC(=O)Cc1ccc(S(=O)(=O)N2CCN(c3nc(Nc4ccc(F)cc4)cc(C(F)(F)F)n3)CC2)cc1. The predicted molar refractivity (Wildman–Crippen MR) is 130 cm³/mol. The van der Waals surface area contributed by atoms with Gasteiger partial charge in [-0.25, -0.2) is 17.8 Å². The number of esters is 1. The minimum atomic E-state index is -4.75. The van der Waals surface area contributed by atoms with Gasteiger partial charge in [-0.05, 0) is 42.0 Å². The standard InChI is InChI=1S/C24H23F4N5O4S/c1-37-22(34)14-16-2-8-19(9-3-16)38(35,36)33-12-10-32(11-13-33)23-30-20(24(26,27)28)15-21(31-23)29-18-6-4-17(25)5-7-18/h2-9,15H,10-14H2,1H3,(H,29,30,31). The molecule has 0 saturated carbocycles. The van der Waals surface area contributed by atoms with Crippen LogP contribution in [0.2, 0.25) is 0 Å². The number of hydrogen-bond donors (Lipinski definition) is 1. The number of hydrogen-bond acceptors (Lipinski definition) is 8. The second-order valence-electron chi connectivity index (χ2n) is 8.36. The van der Waals surface area contributed by atoms with Gasteiger partial charge in [-0.3, -0.25) is 4.79 Å². The van der Waals surface area contributed by atoms with E-state index in [0.29, 0.717) is 11.3 Å². The Morgan fingerprint density at radius 3 is 2.21 bits per heavy atom. The van der Waals surface area contributed by atoms with Gasteiger partial charge >= 0.3 is 12.1 Å². The molecule has 1 aromatic heterocycles. The highest BCUT2D eigenvalue weighted by molar-refractivity contribution is 7.89. The molecule has 0 radical (unpaired) electrons. The summed E-state index contributed by atoms with van der Waals surface area (Å²) in [6.07, 6.45) is -4.74. The molecule has 0 amide bonds. The van der Waals surface area contributed by atoms with Crippen molar-refractivity contribution in [1.29, 1.82) is 0 Å². The number of halogens is 4. The van der Waals surface area contributed by atoms with E-state index in [9.17, 15) is 30.8 Å². The van der Waals surface area contributed by atoms with Gasteiger partial charge in [0.25, 0.3) is 0 Å². The van der Waals surface area contributed by atoms with Crippen molar-refractivity contribution in [1.82, 2.24) is 14.3 Å². The molecule has 0 spiro atoms. The van der Waals surface area contributed by atoms with Crippen molar-refractivity contribution in [3.63, 3.8) is 0 Å². The lowest BCUT2D eigenvalue weighted by Crippen LogP contribution is -2.49. The highest BCUT2D eigenvalue weighted by atomic mass is 32.2. The lowest BCUT2D eigenvalue weighted by Gasteiger charge is -2.34. The number of benzene rings is 2. The van der Waals surface area contributed by atoms with Crippen LogP contribution in [0.1, 0.15) is 11.3 Å². The van der Waals surface area contributed by atoms with Crippen molar-refractivity contribution in [2.24, 2.45) is 0 Å². The van der Waals surface area contributed by atoms with Gasteiger partial charge in [0.05, 0.1) is 18.4 Å². The second-order valence-corrected chi connectivity index (χ2v) is 10.3. The lowest BCUT2D eigenvalue weighted by molar-refractivity contribution is -0.141. The minimum absolute atomic E-state index is 0.00446. The fraction of sp³-hybridized carbons (Fsp3) is 0.292. The number of aromatic nitrogens is 2. The number of carbonyl (C=O) groups excluding carboxylic acids is 1. The van der Waals surface area contributed by atoms with Crippen LogP contribution < -0.4 is 10.2 Å². The number of nitrogens with one attached hydrogen (secondary N) is 1. The summed E-state index contributed by atoms with van der Waals surface area (Å²) in [5.74, 6) is -1.31. The number of carbonyl (C=O) groups is 1. The van der Waals surface area contributed by atoms with E-state index in [-0.39, 0.29) is 49.3 Å². The molecule has 14 heteroatoms. The molecule has 38 heavy (non-hydrogen) atoms. The molecule has 9 nitrogen and oxygen atoms in total. The molecule has 1 aliphatic rings. The first-order valence-corrected chi connectivity index (χ1v) is 12.8. The van der Waals surface area contributed by atoms with E-state index in [1.54, 1.807) is 0 Å². The Morgan fingerprint density at radius 2 is 1.63 bits per heavy atom. The monoisotopic (exact) mass is 553 g/mol. The fourth-order valence-corrected chi connectivity index (χ4v) is 5.18. The van der Waals surface area contributed by atoms with E-state index in [0.717, 1.165) is 18.2 Å². The molecule has 1 fully saturated rings. The summed E-state index contributed by atoms with van der Waals surface area (Å²) < 4.78 is 85.8. The van der Waals surface area contributed by atoms with Crippen molar-refractivity contribution in [2.45, 2.75) is 17.5 Å². The third-order valence-electron chi connectivity index (χ3n) is 5.78. The number of rotatable bonds is 7. The summed E-state index contributed by atoms with van der Waals surface area (Å²) in [6, 6.07) is 11.6. The van der Waals surface area contributed by atoms with Gasteiger partial charge < -0.3 is 15.0 Å². The van der Waals surface area contributed by atoms with Crippen LogP contribution in [-0.2, 0) is 32.2 Å². The fourth-order valence-electron chi connectivity index (χ4n) is 3.76. The Balaban J connectivity index is 1.49. The summed E-state index contributed by atoms with van der Waals surface area (Å²) in [4.78, 5) is 20.7. The Labute approximate surface area is 216 Å². The van der Waals surface area contributed by atoms with Crippen molar-refractivity contribution in [3.8, 4) is 0 Å². The molecular formula is C24H23F4N5O4S. The van der Waals surface area contributed by atoms with E-state index in [1.807, 2.05) is 0 Å². The number of piperazine rings is 1. The van der Waals surface area contributed by atoms with Crippen LogP contribution in [0.3, 0.4) is 0 Å². The molecular weight excluding hydrogens is 530 g/mol. The van der Waals surface area contributed by atoms with E-state index in [4.69, 9.17) is 0 Å². The van der Waals surface area contributed by atoms with Crippen LogP contribution in [-0.4, -0.2) is 61.9 Å². The van der Waals surface area contributed by atoms with Crippen molar-refractivity contribution in [3.05, 3.63) is 71.7 Å². The number of nitrogens with zero attached hydrogens (tertiary/aromatic N) is 4. The van der Waals surface area contributed by atoms with Crippen LogP contribution in [0.25, 0.3) is 0 Å². The van der Waals surface area contributed by atoms with Crippen LogP contribution >= 0.6 is 0 Å². The Bertz CT molecular complexity index is 1390. The molecule has 1 aliphatic heterocycles. The number of ether oxygens (including phenoxy) is 1. The first-order valence-electron chi connectivity index (χ1n) is 11.4. The number of sulfonamides is 1. The van der Waals surface area contributed by atoms with Gasteiger partial charge in [-0.15, -0.1) is 0 Å². The van der Waals surface area contributed by atoms with Crippen molar-refractivity contribution >= 4 is 33.4 Å². The third kappa shape index (κ3) is 6.37. The Kier molecular flexibility index (Phi) is 7.83. The van der Waals surface area contributed by atoms with Crippen LogP contribution in [0.5, 0.6) is 0 Å². The Morgan fingerprint density at radius 1 is 1.00 bits per heavy atom.